The molecule has 0 bridgehead atoms. The Morgan fingerprint density at radius 3 is 2.00 bits per heavy atom. The van der Waals surface area contributed by atoms with E-state index in [1.807, 2.05) is 0 Å². The number of aliphatic hydroxyl groups is 1. The van der Waals surface area contributed by atoms with Gasteiger partial charge < -0.3 is 20.6 Å². The van der Waals surface area contributed by atoms with Crippen LogP contribution in [0.5, 0.6) is 0 Å². The Morgan fingerprint density at radius 2 is 1.77 bits per heavy atom. The fraction of sp³-hybridized carbons (Fsp3) is 0.500. The average molecular weight is 191 g/mol. The van der Waals surface area contributed by atoms with Crippen LogP contribution in [0.4, 0.5) is 0 Å². The van der Waals surface area contributed by atoms with Crippen molar-refractivity contribution in [3.63, 3.8) is 0 Å². The number of aliphatic carboxylic acids is 2. The number of carbonyl (C=O) groups is 3. The molecule has 1 atom stereocenters. The molecular formula is C6H9NO6. The van der Waals surface area contributed by atoms with Crippen LogP contribution in [-0.2, 0) is 14.4 Å². The van der Waals surface area contributed by atoms with E-state index in [1.54, 1.807) is 5.32 Å². The third-order valence-electron chi connectivity index (χ3n) is 1.14. The zero-order valence-corrected chi connectivity index (χ0v) is 6.77. The lowest BCUT2D eigenvalue weighted by molar-refractivity contribution is -0.171. The van der Waals surface area contributed by atoms with E-state index in [0.29, 0.717) is 0 Å². The summed E-state index contributed by atoms with van der Waals surface area (Å²) in [6.45, 7) is 0.968. The van der Waals surface area contributed by atoms with Gasteiger partial charge in [0.05, 0.1) is 0 Å². The fourth-order valence-corrected chi connectivity index (χ4v) is 0.683. The number of nitrogens with one attached hydrogen (secondary N) is 1. The molecule has 0 saturated heterocycles. The van der Waals surface area contributed by atoms with E-state index in [0.717, 1.165) is 6.92 Å². The Bertz CT molecular complexity index is 232. The molecule has 7 nitrogen and oxygen atoms in total. The molecule has 0 aliphatic rings. The summed E-state index contributed by atoms with van der Waals surface area (Å²) < 4.78 is 0. The maximum atomic E-state index is 10.4. The van der Waals surface area contributed by atoms with E-state index in [9.17, 15) is 14.4 Å². The first-order valence-electron chi connectivity index (χ1n) is 3.24. The molecule has 0 radical (unpaired) electrons. The van der Waals surface area contributed by atoms with Crippen LogP contribution in [0.25, 0.3) is 0 Å². The molecule has 0 aliphatic heterocycles. The third-order valence-corrected chi connectivity index (χ3v) is 1.14. The second-order valence-corrected chi connectivity index (χ2v) is 2.42. The van der Waals surface area contributed by atoms with Crippen LogP contribution in [0.1, 0.15) is 13.3 Å². The van der Waals surface area contributed by atoms with E-state index in [2.05, 4.69) is 0 Å². The summed E-state index contributed by atoms with van der Waals surface area (Å²) in [4.78, 5) is 30.9. The van der Waals surface area contributed by atoms with E-state index in [4.69, 9.17) is 15.3 Å². The van der Waals surface area contributed by atoms with E-state index < -0.39 is 30.0 Å². The van der Waals surface area contributed by atoms with Crippen molar-refractivity contribution in [3.05, 3.63) is 0 Å². The summed E-state index contributed by atoms with van der Waals surface area (Å²) in [5.41, 5.74) is -2.74. The monoisotopic (exact) mass is 191 g/mol. The van der Waals surface area contributed by atoms with Crippen LogP contribution in [0.2, 0.25) is 0 Å². The standard InChI is InChI=1S/C6H9NO6/c1-3(8)7-6(13,5(11)12)2-4(9)10/h13H,2H2,1H3,(H,7,8)(H,9,10)(H,11,12). The van der Waals surface area contributed by atoms with Crippen molar-refractivity contribution in [3.8, 4) is 0 Å². The summed E-state index contributed by atoms with van der Waals surface area (Å²) in [6, 6.07) is 0. The molecule has 0 aromatic heterocycles. The van der Waals surface area contributed by atoms with E-state index in [-0.39, 0.29) is 0 Å². The molecule has 4 N–H and O–H groups in total. The highest BCUT2D eigenvalue weighted by Gasteiger charge is 2.39. The molecule has 0 aromatic carbocycles. The summed E-state index contributed by atoms with van der Waals surface area (Å²) >= 11 is 0. The first-order chi connectivity index (χ1) is 5.78. The van der Waals surface area contributed by atoms with Crippen LogP contribution < -0.4 is 5.32 Å². The van der Waals surface area contributed by atoms with Gasteiger partial charge in [-0.3, -0.25) is 9.59 Å². The van der Waals surface area contributed by atoms with Gasteiger partial charge in [-0.15, -0.1) is 0 Å². The second kappa shape index (κ2) is 3.85. The molecule has 7 heteroatoms. The lowest BCUT2D eigenvalue weighted by atomic mass is 10.1. The number of carboxylic acid groups (broad SMARTS) is 2. The number of carboxylic acids is 2. The average Bonchev–Trinajstić information content (AvgIpc) is 1.82. The topological polar surface area (TPSA) is 124 Å². The minimum atomic E-state index is -2.74. The predicted octanol–water partition coefficient (Wildman–Crippen LogP) is -1.63. The van der Waals surface area contributed by atoms with Gasteiger partial charge in [0.15, 0.2) is 0 Å². The van der Waals surface area contributed by atoms with Crippen molar-refractivity contribution in [2.45, 2.75) is 19.1 Å². The van der Waals surface area contributed by atoms with Crippen LogP contribution in [0, 0.1) is 0 Å². The molecular weight excluding hydrogens is 182 g/mol. The lowest BCUT2D eigenvalue weighted by Crippen LogP contribution is -2.55. The quantitative estimate of drug-likeness (QED) is 0.395. The van der Waals surface area contributed by atoms with Crippen molar-refractivity contribution in [2.24, 2.45) is 0 Å². The molecule has 1 unspecified atom stereocenters. The normalized spacial score (nSPS) is 14.3. The molecule has 1 amide bonds. The second-order valence-electron chi connectivity index (χ2n) is 2.42. The first-order valence-corrected chi connectivity index (χ1v) is 3.24. The van der Waals surface area contributed by atoms with Gasteiger partial charge in [0, 0.05) is 6.92 Å². The minimum Gasteiger partial charge on any atom is -0.481 e. The van der Waals surface area contributed by atoms with Crippen LogP contribution in [0.3, 0.4) is 0 Å². The largest absolute Gasteiger partial charge is 0.481 e. The fourth-order valence-electron chi connectivity index (χ4n) is 0.683. The van der Waals surface area contributed by atoms with Gasteiger partial charge in [0.25, 0.3) is 0 Å². The van der Waals surface area contributed by atoms with Gasteiger partial charge in [-0.2, -0.15) is 0 Å². The number of amides is 1. The maximum absolute atomic E-state index is 10.4. The Hall–Kier alpha value is -1.63. The molecule has 0 aliphatic carbocycles. The number of hydrogen-bond donors (Lipinski definition) is 4. The van der Waals surface area contributed by atoms with Crippen molar-refractivity contribution >= 4 is 17.8 Å². The summed E-state index contributed by atoms with van der Waals surface area (Å²) in [7, 11) is 0. The summed E-state index contributed by atoms with van der Waals surface area (Å²) in [5, 5.41) is 27.4. The molecule has 0 spiro atoms. The first kappa shape index (κ1) is 11.4. The van der Waals surface area contributed by atoms with Gasteiger partial charge in [0.2, 0.25) is 11.6 Å². The van der Waals surface area contributed by atoms with Gasteiger partial charge in [-0.25, -0.2) is 4.79 Å². The number of hydrogen-bond acceptors (Lipinski definition) is 4. The Balaban J connectivity index is 4.62. The minimum absolute atomic E-state index is 0.828. The Labute approximate surface area is 73.0 Å². The van der Waals surface area contributed by atoms with Crippen molar-refractivity contribution in [1.82, 2.24) is 5.32 Å². The zero-order valence-electron chi connectivity index (χ0n) is 6.77. The molecule has 0 saturated carbocycles. The Morgan fingerprint density at radius 1 is 1.31 bits per heavy atom. The summed E-state index contributed by atoms with van der Waals surface area (Å²) in [6.07, 6.45) is -1.10. The molecule has 74 valence electrons. The van der Waals surface area contributed by atoms with E-state index >= 15 is 0 Å². The maximum Gasteiger partial charge on any atom is 0.357 e. The molecule has 0 rings (SSSR count). The molecule has 0 fully saturated rings. The SMILES string of the molecule is CC(=O)NC(O)(CC(=O)O)C(=O)O. The van der Waals surface area contributed by atoms with Crippen LogP contribution >= 0.6 is 0 Å². The smallest absolute Gasteiger partial charge is 0.357 e. The highest BCUT2D eigenvalue weighted by molar-refractivity contribution is 5.88. The van der Waals surface area contributed by atoms with E-state index in [1.165, 1.54) is 0 Å². The zero-order chi connectivity index (χ0) is 10.6. The van der Waals surface area contributed by atoms with Gasteiger partial charge in [-0.05, 0) is 0 Å². The third kappa shape index (κ3) is 3.52. The van der Waals surface area contributed by atoms with Crippen molar-refractivity contribution < 1.29 is 29.7 Å². The highest BCUT2D eigenvalue weighted by atomic mass is 16.4. The highest BCUT2D eigenvalue weighted by Crippen LogP contribution is 2.06. The lowest BCUT2D eigenvalue weighted by Gasteiger charge is -2.21. The van der Waals surface area contributed by atoms with Gasteiger partial charge in [-0.1, -0.05) is 0 Å². The molecule has 0 aromatic rings. The number of carbonyl (C=O) groups excluding carboxylic acids is 1. The Kier molecular flexibility index (Phi) is 3.37. The summed E-state index contributed by atoms with van der Waals surface area (Å²) in [5.74, 6) is -4.17. The van der Waals surface area contributed by atoms with Gasteiger partial charge >= 0.3 is 11.9 Å². The molecule has 13 heavy (non-hydrogen) atoms. The molecule has 0 heterocycles. The predicted molar refractivity (Wildman–Crippen MR) is 38.7 cm³/mol. The van der Waals surface area contributed by atoms with Gasteiger partial charge in [0.1, 0.15) is 6.42 Å². The van der Waals surface area contributed by atoms with Crippen LogP contribution in [0.15, 0.2) is 0 Å². The number of rotatable bonds is 4. The van der Waals surface area contributed by atoms with Crippen molar-refractivity contribution in [2.75, 3.05) is 0 Å². The van der Waals surface area contributed by atoms with Crippen molar-refractivity contribution in [1.29, 1.82) is 0 Å². The van der Waals surface area contributed by atoms with Crippen LogP contribution in [-0.4, -0.2) is 38.9 Å².